The van der Waals surface area contributed by atoms with Crippen molar-refractivity contribution in [3.05, 3.63) is 39.4 Å². The van der Waals surface area contributed by atoms with Crippen LogP contribution in [0.15, 0.2) is 12.1 Å². The summed E-state index contributed by atoms with van der Waals surface area (Å²) < 4.78 is 27.1. The van der Waals surface area contributed by atoms with Gasteiger partial charge >= 0.3 is 5.69 Å². The molecule has 1 aliphatic carbocycles. The molecule has 0 unspecified atom stereocenters. The number of nitrogens with two attached hydrogens (primary N) is 1. The van der Waals surface area contributed by atoms with Gasteiger partial charge in [0.1, 0.15) is 5.82 Å². The van der Waals surface area contributed by atoms with Gasteiger partial charge in [-0.2, -0.15) is 4.39 Å². The van der Waals surface area contributed by atoms with E-state index in [1.54, 1.807) is 0 Å². The molecule has 0 aromatic heterocycles. The lowest BCUT2D eigenvalue weighted by atomic mass is 10.1. The Morgan fingerprint density at radius 3 is 2.69 bits per heavy atom. The van der Waals surface area contributed by atoms with Crippen molar-refractivity contribution < 1.29 is 13.7 Å². The van der Waals surface area contributed by atoms with E-state index >= 15 is 0 Å². The summed E-state index contributed by atoms with van der Waals surface area (Å²) in [4.78, 5) is 9.65. The van der Waals surface area contributed by atoms with E-state index in [2.05, 4.69) is 0 Å². The molecule has 1 aromatic carbocycles. The average molecular weight is 228 g/mol. The van der Waals surface area contributed by atoms with E-state index in [1.165, 1.54) is 0 Å². The summed E-state index contributed by atoms with van der Waals surface area (Å²) >= 11 is 0. The lowest BCUT2D eigenvalue weighted by Gasteiger charge is -2.04. The summed E-state index contributed by atoms with van der Waals surface area (Å²) in [6, 6.07) is 1.77. The third-order valence-corrected chi connectivity index (χ3v) is 2.90. The fourth-order valence-corrected chi connectivity index (χ4v) is 1.90. The molecule has 0 saturated heterocycles. The van der Waals surface area contributed by atoms with Crippen LogP contribution < -0.4 is 5.73 Å². The molecule has 16 heavy (non-hydrogen) atoms. The van der Waals surface area contributed by atoms with Crippen molar-refractivity contribution in [3.8, 4) is 0 Å². The summed E-state index contributed by atoms with van der Waals surface area (Å²) in [5.74, 6) is -2.08. The molecule has 0 heterocycles. The smallest absolute Gasteiger partial charge is 0.305 e. The molecule has 86 valence electrons. The van der Waals surface area contributed by atoms with Crippen LogP contribution in [0.25, 0.3) is 0 Å². The predicted molar refractivity (Wildman–Crippen MR) is 52.9 cm³/mol. The van der Waals surface area contributed by atoms with Gasteiger partial charge in [-0.15, -0.1) is 0 Å². The second kappa shape index (κ2) is 3.79. The molecule has 1 fully saturated rings. The molecule has 0 radical (unpaired) electrons. The average Bonchev–Trinajstić information content (AvgIpc) is 2.96. The van der Waals surface area contributed by atoms with E-state index in [0.29, 0.717) is 13.0 Å². The molecule has 6 heteroatoms. The third kappa shape index (κ3) is 1.65. The molecule has 2 rings (SSSR count). The fraction of sp³-hybridized carbons (Fsp3) is 0.400. The molecule has 2 N–H and O–H groups in total. The lowest BCUT2D eigenvalue weighted by molar-refractivity contribution is -0.387. The number of nitro groups is 1. The monoisotopic (exact) mass is 228 g/mol. The summed E-state index contributed by atoms with van der Waals surface area (Å²) in [6.45, 7) is 0.340. The Balaban J connectivity index is 2.44. The Morgan fingerprint density at radius 1 is 1.50 bits per heavy atom. The van der Waals surface area contributed by atoms with Crippen molar-refractivity contribution in [1.82, 2.24) is 0 Å². The van der Waals surface area contributed by atoms with Gasteiger partial charge in [-0.3, -0.25) is 10.1 Å². The van der Waals surface area contributed by atoms with Crippen molar-refractivity contribution >= 4 is 5.69 Å². The molecule has 0 amide bonds. The predicted octanol–water partition coefficient (Wildman–Crippen LogP) is 1.94. The summed E-state index contributed by atoms with van der Waals surface area (Å²) in [5, 5.41) is 10.5. The van der Waals surface area contributed by atoms with Crippen LogP contribution in [0.2, 0.25) is 0 Å². The van der Waals surface area contributed by atoms with Gasteiger partial charge in [0.2, 0.25) is 5.82 Å². The van der Waals surface area contributed by atoms with Crippen LogP contribution in [-0.2, 0) is 0 Å². The molecule has 0 aliphatic heterocycles. The van der Waals surface area contributed by atoms with Gasteiger partial charge in [-0.1, -0.05) is 0 Å². The van der Waals surface area contributed by atoms with Crippen LogP contribution in [0.5, 0.6) is 0 Å². The van der Waals surface area contributed by atoms with Crippen LogP contribution in [0, 0.1) is 27.7 Å². The number of benzene rings is 1. The first kappa shape index (κ1) is 10.9. The minimum Gasteiger partial charge on any atom is -0.330 e. The Labute approximate surface area is 90.2 Å². The van der Waals surface area contributed by atoms with E-state index in [9.17, 15) is 18.9 Å². The van der Waals surface area contributed by atoms with Crippen LogP contribution >= 0.6 is 0 Å². The van der Waals surface area contributed by atoms with Gasteiger partial charge in [-0.05, 0) is 30.9 Å². The highest BCUT2D eigenvalue weighted by Gasteiger charge is 2.42. The number of nitro benzene ring substituents is 1. The zero-order valence-corrected chi connectivity index (χ0v) is 8.32. The van der Waals surface area contributed by atoms with E-state index < -0.39 is 22.2 Å². The maximum atomic E-state index is 13.7. The summed E-state index contributed by atoms with van der Waals surface area (Å²) in [7, 11) is 0. The Bertz CT molecular complexity index is 451. The molecule has 4 nitrogen and oxygen atoms in total. The molecule has 1 aromatic rings. The quantitative estimate of drug-likeness (QED) is 0.634. The van der Waals surface area contributed by atoms with Gasteiger partial charge in [0.05, 0.1) is 4.92 Å². The third-order valence-electron chi connectivity index (χ3n) is 2.90. The molecular formula is C10H10F2N2O2. The number of hydrogen-bond acceptors (Lipinski definition) is 3. The van der Waals surface area contributed by atoms with Gasteiger partial charge < -0.3 is 5.73 Å². The number of rotatable bonds is 3. The van der Waals surface area contributed by atoms with Crippen molar-refractivity contribution in [2.75, 3.05) is 6.54 Å². The number of hydrogen-bond donors (Lipinski definition) is 1. The van der Waals surface area contributed by atoms with Gasteiger partial charge in [0.15, 0.2) is 0 Å². The lowest BCUT2D eigenvalue weighted by Crippen LogP contribution is -2.05. The van der Waals surface area contributed by atoms with Crippen molar-refractivity contribution in [2.24, 2.45) is 11.7 Å². The van der Waals surface area contributed by atoms with Crippen LogP contribution in [-0.4, -0.2) is 11.5 Å². The molecule has 2 atom stereocenters. The second-order valence-electron chi connectivity index (χ2n) is 3.89. The van der Waals surface area contributed by atoms with E-state index in [0.717, 1.165) is 12.1 Å². The molecule has 0 bridgehead atoms. The normalized spacial score (nSPS) is 23.2. The van der Waals surface area contributed by atoms with Gasteiger partial charge in [-0.25, -0.2) is 4.39 Å². The zero-order valence-electron chi connectivity index (χ0n) is 8.32. The second-order valence-corrected chi connectivity index (χ2v) is 3.89. The van der Waals surface area contributed by atoms with Gasteiger partial charge in [0, 0.05) is 11.6 Å². The number of halogens is 2. The highest BCUT2D eigenvalue weighted by atomic mass is 19.1. The maximum absolute atomic E-state index is 13.7. The van der Waals surface area contributed by atoms with Crippen molar-refractivity contribution in [2.45, 2.75) is 12.3 Å². The highest BCUT2D eigenvalue weighted by molar-refractivity contribution is 5.41. The molecule has 1 saturated carbocycles. The first-order valence-electron chi connectivity index (χ1n) is 4.88. The first-order chi connectivity index (χ1) is 7.56. The zero-order chi connectivity index (χ0) is 11.9. The molecule has 1 aliphatic rings. The summed E-state index contributed by atoms with van der Waals surface area (Å²) in [5.41, 5.74) is 4.51. The van der Waals surface area contributed by atoms with Crippen LogP contribution in [0.4, 0.5) is 14.5 Å². The van der Waals surface area contributed by atoms with E-state index in [4.69, 9.17) is 5.73 Å². The topological polar surface area (TPSA) is 69.2 Å². The first-order valence-corrected chi connectivity index (χ1v) is 4.88. The highest BCUT2D eigenvalue weighted by Crippen LogP contribution is 2.49. The van der Waals surface area contributed by atoms with Crippen LogP contribution in [0.1, 0.15) is 17.9 Å². The van der Waals surface area contributed by atoms with Crippen molar-refractivity contribution in [3.63, 3.8) is 0 Å². The van der Waals surface area contributed by atoms with E-state index in [1.807, 2.05) is 0 Å². The maximum Gasteiger partial charge on any atom is 0.305 e. The SMILES string of the molecule is NC[C@@H]1C[C@H]1c1c(F)ccc([N+](=O)[O-])c1F. The molecule has 0 spiro atoms. The largest absolute Gasteiger partial charge is 0.330 e. The number of nitrogens with zero attached hydrogens (tertiary/aromatic N) is 1. The van der Waals surface area contributed by atoms with Gasteiger partial charge in [0.25, 0.3) is 0 Å². The van der Waals surface area contributed by atoms with Crippen molar-refractivity contribution in [1.29, 1.82) is 0 Å². The Kier molecular flexibility index (Phi) is 2.59. The fourth-order valence-electron chi connectivity index (χ4n) is 1.90. The molecular weight excluding hydrogens is 218 g/mol. The standard InChI is InChI=1S/C10H10F2N2O2/c11-7-1-2-8(14(15)16)10(12)9(7)6-3-5(6)4-13/h1-2,5-6H,3-4,13H2/t5-,6+/m0/s1. The van der Waals surface area contributed by atoms with E-state index in [-0.39, 0.29) is 17.4 Å². The Hall–Kier alpha value is -1.56. The Morgan fingerprint density at radius 2 is 2.19 bits per heavy atom. The minimum atomic E-state index is -1.06. The van der Waals surface area contributed by atoms with Crippen LogP contribution in [0.3, 0.4) is 0 Å². The minimum absolute atomic E-state index is 0.0333. The summed E-state index contributed by atoms with van der Waals surface area (Å²) in [6.07, 6.45) is 0.589.